The van der Waals surface area contributed by atoms with Crippen molar-refractivity contribution in [2.75, 3.05) is 0 Å². The van der Waals surface area contributed by atoms with Crippen molar-refractivity contribution < 1.29 is 9.90 Å². The molecule has 2 nitrogen and oxygen atoms in total. The molecule has 1 aromatic carbocycles. The Morgan fingerprint density at radius 3 is 2.56 bits per heavy atom. The van der Waals surface area contributed by atoms with Gasteiger partial charge in [-0.25, -0.2) is 0 Å². The minimum Gasteiger partial charge on any atom is -0.378 e. The Kier molecular flexibility index (Phi) is 2.75. The molecular formula is C14H14O2. The molecule has 0 radical (unpaired) electrons. The molecule has 1 N–H and O–H groups in total. The molecule has 16 heavy (non-hydrogen) atoms. The van der Waals surface area contributed by atoms with Crippen molar-refractivity contribution >= 4 is 11.9 Å². The highest BCUT2D eigenvalue weighted by molar-refractivity contribution is 5.81. The van der Waals surface area contributed by atoms with Gasteiger partial charge in [0.25, 0.3) is 0 Å². The molecule has 0 bridgehead atoms. The van der Waals surface area contributed by atoms with E-state index in [4.69, 9.17) is 0 Å². The monoisotopic (exact) mass is 214 g/mol. The molecule has 0 saturated carbocycles. The molecule has 0 aliphatic heterocycles. The molecule has 1 aliphatic rings. The zero-order chi connectivity index (χ0) is 11.6. The molecule has 1 atom stereocenters. The third kappa shape index (κ3) is 1.97. The van der Waals surface area contributed by atoms with Gasteiger partial charge in [0.05, 0.1) is 0 Å². The third-order valence-corrected chi connectivity index (χ3v) is 2.84. The number of benzene rings is 1. The van der Waals surface area contributed by atoms with E-state index in [-0.39, 0.29) is 0 Å². The number of aliphatic hydroxyl groups is 1. The predicted octanol–water partition coefficient (Wildman–Crippen LogP) is 2.35. The van der Waals surface area contributed by atoms with Crippen LogP contribution in [0.5, 0.6) is 0 Å². The van der Waals surface area contributed by atoms with E-state index in [9.17, 15) is 9.90 Å². The first-order valence-electron chi connectivity index (χ1n) is 5.28. The Labute approximate surface area is 94.9 Å². The second kappa shape index (κ2) is 4.06. The van der Waals surface area contributed by atoms with Gasteiger partial charge >= 0.3 is 0 Å². The molecule has 0 saturated heterocycles. The van der Waals surface area contributed by atoms with E-state index in [0.717, 1.165) is 16.7 Å². The van der Waals surface area contributed by atoms with Crippen molar-refractivity contribution in [3.63, 3.8) is 0 Å². The summed E-state index contributed by atoms with van der Waals surface area (Å²) in [4.78, 5) is 10.7. The Hall–Kier alpha value is -1.67. The van der Waals surface area contributed by atoms with Gasteiger partial charge in [0.2, 0.25) is 0 Å². The van der Waals surface area contributed by atoms with E-state index in [2.05, 4.69) is 0 Å². The van der Waals surface area contributed by atoms with Crippen LogP contribution in [0, 0.1) is 0 Å². The normalized spacial score (nSPS) is 24.6. The predicted molar refractivity (Wildman–Crippen MR) is 63.8 cm³/mol. The maximum absolute atomic E-state index is 10.7. The fourth-order valence-electron chi connectivity index (χ4n) is 1.99. The number of carbonyl (C=O) groups is 1. The van der Waals surface area contributed by atoms with Crippen LogP contribution in [0.4, 0.5) is 0 Å². The number of hydrogen-bond acceptors (Lipinski definition) is 2. The molecule has 82 valence electrons. The lowest BCUT2D eigenvalue weighted by Gasteiger charge is -2.24. The fraction of sp³-hybridized carbons (Fsp3) is 0.214. The van der Waals surface area contributed by atoms with E-state index in [0.29, 0.717) is 12.7 Å². The van der Waals surface area contributed by atoms with Gasteiger partial charge in [-0.1, -0.05) is 42.0 Å². The number of rotatable bonds is 2. The van der Waals surface area contributed by atoms with Crippen LogP contribution >= 0.6 is 0 Å². The molecule has 0 spiro atoms. The van der Waals surface area contributed by atoms with Gasteiger partial charge in [-0.15, -0.1) is 0 Å². The lowest BCUT2D eigenvalue weighted by Crippen LogP contribution is -2.29. The van der Waals surface area contributed by atoms with Gasteiger partial charge < -0.3 is 5.11 Å². The molecular weight excluding hydrogens is 200 g/mol. The second-order valence-electron chi connectivity index (χ2n) is 4.18. The summed E-state index contributed by atoms with van der Waals surface area (Å²) in [5.41, 5.74) is 1.92. The van der Waals surface area contributed by atoms with Crippen LogP contribution in [-0.2, 0) is 4.79 Å². The summed E-state index contributed by atoms with van der Waals surface area (Å²) in [6.45, 7) is 1.94. The highest BCUT2D eigenvalue weighted by atomic mass is 16.3. The molecule has 1 aromatic rings. The Morgan fingerprint density at radius 1 is 1.31 bits per heavy atom. The maximum Gasteiger partial charge on any atom is 0.155 e. The number of allylic oxidation sites excluding steroid dienone is 2. The van der Waals surface area contributed by atoms with Crippen LogP contribution < -0.4 is 0 Å². The summed E-state index contributed by atoms with van der Waals surface area (Å²) in [6, 6.07) is 9.96. The van der Waals surface area contributed by atoms with Crippen molar-refractivity contribution in [2.24, 2.45) is 0 Å². The molecule has 1 aliphatic carbocycles. The summed E-state index contributed by atoms with van der Waals surface area (Å²) < 4.78 is 0. The zero-order valence-electron chi connectivity index (χ0n) is 9.18. The van der Waals surface area contributed by atoms with Crippen molar-refractivity contribution in [1.29, 1.82) is 0 Å². The SMILES string of the molecule is CC1=C(c2ccccc2)C=CC(O)(C=O)C1. The van der Waals surface area contributed by atoms with Gasteiger partial charge in [-0.2, -0.15) is 0 Å². The van der Waals surface area contributed by atoms with E-state index in [1.54, 1.807) is 6.08 Å². The van der Waals surface area contributed by atoms with E-state index >= 15 is 0 Å². The Bertz CT molecular complexity index is 457. The quantitative estimate of drug-likeness (QED) is 0.767. The fourth-order valence-corrected chi connectivity index (χ4v) is 1.99. The van der Waals surface area contributed by atoms with E-state index in [1.807, 2.05) is 43.3 Å². The van der Waals surface area contributed by atoms with E-state index in [1.165, 1.54) is 0 Å². The summed E-state index contributed by atoms with van der Waals surface area (Å²) in [7, 11) is 0. The molecule has 1 unspecified atom stereocenters. The topological polar surface area (TPSA) is 37.3 Å². The van der Waals surface area contributed by atoms with Gasteiger partial charge in [0, 0.05) is 6.42 Å². The van der Waals surface area contributed by atoms with E-state index < -0.39 is 5.60 Å². The lowest BCUT2D eigenvalue weighted by atomic mass is 9.85. The van der Waals surface area contributed by atoms with Gasteiger partial charge in [0.1, 0.15) is 5.60 Å². The van der Waals surface area contributed by atoms with Crippen molar-refractivity contribution in [1.82, 2.24) is 0 Å². The lowest BCUT2D eigenvalue weighted by molar-refractivity contribution is -0.119. The third-order valence-electron chi connectivity index (χ3n) is 2.84. The average molecular weight is 214 g/mol. The smallest absolute Gasteiger partial charge is 0.155 e. The molecule has 2 heteroatoms. The molecule has 0 aromatic heterocycles. The Morgan fingerprint density at radius 2 is 2.00 bits per heavy atom. The number of hydrogen-bond donors (Lipinski definition) is 1. The summed E-state index contributed by atoms with van der Waals surface area (Å²) in [5.74, 6) is 0. The van der Waals surface area contributed by atoms with Gasteiger partial charge in [-0.3, -0.25) is 4.79 Å². The largest absolute Gasteiger partial charge is 0.378 e. The maximum atomic E-state index is 10.7. The molecule has 2 rings (SSSR count). The first-order valence-corrected chi connectivity index (χ1v) is 5.28. The molecule has 0 heterocycles. The van der Waals surface area contributed by atoms with Crippen LogP contribution in [0.2, 0.25) is 0 Å². The zero-order valence-corrected chi connectivity index (χ0v) is 9.18. The van der Waals surface area contributed by atoms with Crippen LogP contribution in [0.25, 0.3) is 5.57 Å². The first kappa shape index (κ1) is 10.8. The van der Waals surface area contributed by atoms with Gasteiger partial charge in [0.15, 0.2) is 6.29 Å². The molecule has 0 amide bonds. The summed E-state index contributed by atoms with van der Waals surface area (Å²) in [5, 5.41) is 9.83. The highest BCUT2D eigenvalue weighted by Gasteiger charge is 2.27. The molecule has 0 fully saturated rings. The first-order chi connectivity index (χ1) is 7.64. The number of aldehydes is 1. The van der Waals surface area contributed by atoms with Gasteiger partial charge in [-0.05, 0) is 24.1 Å². The van der Waals surface area contributed by atoms with Crippen LogP contribution in [0.1, 0.15) is 18.9 Å². The van der Waals surface area contributed by atoms with Crippen LogP contribution in [0.3, 0.4) is 0 Å². The standard InChI is InChI=1S/C14H14O2/c1-11-9-14(16,10-15)8-7-13(11)12-5-3-2-4-6-12/h2-8,10,16H,9H2,1H3. The average Bonchev–Trinajstić information content (AvgIpc) is 2.30. The van der Waals surface area contributed by atoms with Crippen molar-refractivity contribution in [3.8, 4) is 0 Å². The van der Waals surface area contributed by atoms with Crippen LogP contribution in [-0.4, -0.2) is 17.0 Å². The second-order valence-corrected chi connectivity index (χ2v) is 4.18. The van der Waals surface area contributed by atoms with Crippen molar-refractivity contribution in [2.45, 2.75) is 18.9 Å². The minimum absolute atomic E-state index is 0.372. The summed E-state index contributed by atoms with van der Waals surface area (Å²) >= 11 is 0. The highest BCUT2D eigenvalue weighted by Crippen LogP contribution is 2.31. The minimum atomic E-state index is -1.32. The van der Waals surface area contributed by atoms with Crippen molar-refractivity contribution in [3.05, 3.63) is 53.6 Å². The number of carbonyl (C=O) groups excluding carboxylic acids is 1. The summed E-state index contributed by atoms with van der Waals surface area (Å²) in [6.07, 6.45) is 4.35. The Balaban J connectivity index is 2.37. The van der Waals surface area contributed by atoms with Crippen LogP contribution in [0.15, 0.2) is 48.1 Å².